The maximum atomic E-state index is 13.2. The van der Waals surface area contributed by atoms with Crippen LogP contribution in [0.15, 0.2) is 48.7 Å². The summed E-state index contributed by atoms with van der Waals surface area (Å²) in [5, 5.41) is 10.8. The number of halogens is 5. The molecule has 0 aliphatic heterocycles. The van der Waals surface area contributed by atoms with Gasteiger partial charge in [-0.05, 0) is 60.6 Å². The Labute approximate surface area is 225 Å². The number of nitrogens with zero attached hydrogens (tertiary/aromatic N) is 1. The fourth-order valence-electron chi connectivity index (χ4n) is 5.78. The molecule has 3 atom stereocenters. The van der Waals surface area contributed by atoms with Crippen molar-refractivity contribution in [1.29, 1.82) is 0 Å². The first-order valence-electron chi connectivity index (χ1n) is 12.6. The lowest BCUT2D eigenvalue weighted by Gasteiger charge is -2.34. The molecule has 0 bridgehead atoms. The Morgan fingerprint density at radius 3 is 2.38 bits per heavy atom. The van der Waals surface area contributed by atoms with E-state index in [9.17, 15) is 23.1 Å². The van der Waals surface area contributed by atoms with E-state index in [4.69, 9.17) is 23.2 Å². The Bertz CT molecular complexity index is 1270. The largest absolute Gasteiger partial charge is 0.481 e. The van der Waals surface area contributed by atoms with Crippen LogP contribution in [-0.2, 0) is 17.4 Å². The summed E-state index contributed by atoms with van der Waals surface area (Å²) < 4.78 is 41.9. The highest BCUT2D eigenvalue weighted by atomic mass is 35.5. The normalized spacial score (nSPS) is 18.5. The molecule has 0 saturated heterocycles. The highest BCUT2D eigenvalue weighted by Crippen LogP contribution is 2.48. The highest BCUT2D eigenvalue weighted by Gasteiger charge is 2.37. The molecule has 1 unspecified atom stereocenters. The number of fused-ring (bicyclic) bond motifs is 1. The number of aromatic nitrogens is 1. The first-order valence-corrected chi connectivity index (χ1v) is 13.4. The lowest BCUT2D eigenvalue weighted by Crippen LogP contribution is -2.26. The van der Waals surface area contributed by atoms with Crippen LogP contribution in [0.4, 0.5) is 13.2 Å². The molecule has 0 fully saturated rings. The molecule has 8 heteroatoms. The summed E-state index contributed by atoms with van der Waals surface area (Å²) >= 11 is 12.8. The maximum Gasteiger partial charge on any atom is 0.416 e. The lowest BCUT2D eigenvalue weighted by molar-refractivity contribution is -0.138. The van der Waals surface area contributed by atoms with E-state index < -0.39 is 17.7 Å². The molecule has 1 aromatic heterocycles. The Morgan fingerprint density at radius 1 is 1.11 bits per heavy atom. The van der Waals surface area contributed by atoms with Gasteiger partial charge in [-0.1, -0.05) is 68.1 Å². The molecule has 0 amide bonds. The predicted molar refractivity (Wildman–Crippen MR) is 141 cm³/mol. The van der Waals surface area contributed by atoms with Crippen LogP contribution in [0.1, 0.15) is 80.3 Å². The predicted octanol–water partition coefficient (Wildman–Crippen LogP) is 9.40. The van der Waals surface area contributed by atoms with Crippen molar-refractivity contribution in [3.8, 4) is 11.1 Å². The van der Waals surface area contributed by atoms with Crippen molar-refractivity contribution in [3.63, 3.8) is 0 Å². The zero-order chi connectivity index (χ0) is 26.9. The highest BCUT2D eigenvalue weighted by molar-refractivity contribution is 6.36. The van der Waals surface area contributed by atoms with Gasteiger partial charge in [-0.25, -0.2) is 0 Å². The van der Waals surface area contributed by atoms with E-state index in [0.717, 1.165) is 65.8 Å². The van der Waals surface area contributed by atoms with Crippen molar-refractivity contribution in [2.45, 2.75) is 70.5 Å². The number of carbonyl (C=O) groups is 1. The minimum atomic E-state index is -4.41. The summed E-state index contributed by atoms with van der Waals surface area (Å²) in [5.41, 5.74) is 3.83. The molecule has 0 saturated carbocycles. The molecule has 1 aliphatic carbocycles. The molecule has 3 nitrogen and oxygen atoms in total. The second kappa shape index (κ2) is 11.1. The van der Waals surface area contributed by atoms with Gasteiger partial charge in [0.05, 0.1) is 18.0 Å². The number of aliphatic carboxylic acids is 1. The minimum Gasteiger partial charge on any atom is -0.481 e. The first-order chi connectivity index (χ1) is 17.5. The van der Waals surface area contributed by atoms with Crippen LogP contribution in [0.5, 0.6) is 0 Å². The molecular weight excluding hydrogens is 522 g/mol. The van der Waals surface area contributed by atoms with Gasteiger partial charge in [0, 0.05) is 39.0 Å². The number of hydrogen-bond acceptors (Lipinski definition) is 1. The molecule has 4 rings (SSSR count). The third-order valence-electron chi connectivity index (χ3n) is 7.53. The topological polar surface area (TPSA) is 42.2 Å². The SMILES string of the molecule is CCC[C@H](c1ccc(C(F)(F)F)cc1)n1cc(-c2ccc(Cl)cc2Cl)c2c1C(CC(=O)O)[C@@H](CC)CC2. The van der Waals surface area contributed by atoms with E-state index >= 15 is 0 Å². The number of alkyl halides is 3. The monoisotopic (exact) mass is 551 g/mol. The molecule has 1 heterocycles. The van der Waals surface area contributed by atoms with E-state index in [0.29, 0.717) is 16.5 Å². The van der Waals surface area contributed by atoms with Gasteiger partial charge in [-0.3, -0.25) is 4.79 Å². The van der Waals surface area contributed by atoms with Crippen molar-refractivity contribution in [1.82, 2.24) is 4.57 Å². The number of hydrogen-bond donors (Lipinski definition) is 1. The van der Waals surface area contributed by atoms with E-state index in [1.165, 1.54) is 12.1 Å². The van der Waals surface area contributed by atoms with E-state index in [2.05, 4.69) is 11.5 Å². The standard InChI is InChI=1S/C29H30Cl2F3NO2/c1-3-5-26(18-6-9-19(10-7-18)29(32,33)34)35-16-24(21-13-11-20(30)14-25(21)31)22-12-8-17(4-2)23(28(22)35)15-27(36)37/h6-7,9-11,13-14,16-17,23,26H,3-5,8,12,15H2,1-2H3,(H,36,37)/t17-,23?,26+/m0/s1. The van der Waals surface area contributed by atoms with Crippen LogP contribution in [0.25, 0.3) is 11.1 Å². The lowest BCUT2D eigenvalue weighted by atomic mass is 9.74. The van der Waals surface area contributed by atoms with Gasteiger partial charge in [0.15, 0.2) is 0 Å². The molecule has 2 aromatic carbocycles. The van der Waals surface area contributed by atoms with Crippen molar-refractivity contribution >= 4 is 29.2 Å². The number of carboxylic acids is 1. The summed E-state index contributed by atoms with van der Waals surface area (Å²) in [6, 6.07) is 10.4. The van der Waals surface area contributed by atoms with Crippen LogP contribution < -0.4 is 0 Å². The fourth-order valence-corrected chi connectivity index (χ4v) is 6.29. The smallest absolute Gasteiger partial charge is 0.416 e. The zero-order valence-corrected chi connectivity index (χ0v) is 22.3. The van der Waals surface area contributed by atoms with Gasteiger partial charge in [-0.2, -0.15) is 13.2 Å². The van der Waals surface area contributed by atoms with Crippen LogP contribution in [0.2, 0.25) is 10.0 Å². The zero-order valence-electron chi connectivity index (χ0n) is 20.8. The fraction of sp³-hybridized carbons (Fsp3) is 0.414. The molecule has 0 spiro atoms. The summed E-state index contributed by atoms with van der Waals surface area (Å²) in [6.07, 6.45) is 1.58. The second-order valence-electron chi connectivity index (χ2n) is 9.77. The average Bonchev–Trinajstić information content (AvgIpc) is 3.21. The van der Waals surface area contributed by atoms with Gasteiger partial charge in [-0.15, -0.1) is 0 Å². The summed E-state index contributed by atoms with van der Waals surface area (Å²) in [4.78, 5) is 12.0. The maximum absolute atomic E-state index is 13.2. The third-order valence-corrected chi connectivity index (χ3v) is 8.07. The van der Waals surface area contributed by atoms with Crippen LogP contribution in [0, 0.1) is 5.92 Å². The van der Waals surface area contributed by atoms with Gasteiger partial charge < -0.3 is 9.67 Å². The Morgan fingerprint density at radius 2 is 1.81 bits per heavy atom. The van der Waals surface area contributed by atoms with Gasteiger partial charge in [0.25, 0.3) is 0 Å². The second-order valence-corrected chi connectivity index (χ2v) is 10.6. The van der Waals surface area contributed by atoms with E-state index in [-0.39, 0.29) is 24.3 Å². The van der Waals surface area contributed by atoms with Crippen molar-refractivity contribution in [2.75, 3.05) is 0 Å². The Kier molecular flexibility index (Phi) is 8.29. The third kappa shape index (κ3) is 5.70. The quantitative estimate of drug-likeness (QED) is 0.303. The summed E-state index contributed by atoms with van der Waals surface area (Å²) in [6.45, 7) is 4.11. The van der Waals surface area contributed by atoms with Crippen LogP contribution >= 0.6 is 23.2 Å². The van der Waals surface area contributed by atoms with Crippen LogP contribution in [-0.4, -0.2) is 15.6 Å². The Balaban J connectivity index is 1.94. The minimum absolute atomic E-state index is 0.00480. The Hall–Kier alpha value is -2.44. The molecular formula is C29H30Cl2F3NO2. The molecule has 1 N–H and O–H groups in total. The number of benzene rings is 2. The molecule has 3 aromatic rings. The van der Waals surface area contributed by atoms with E-state index in [1.807, 2.05) is 19.2 Å². The van der Waals surface area contributed by atoms with Gasteiger partial charge in [0.1, 0.15) is 0 Å². The molecule has 198 valence electrons. The van der Waals surface area contributed by atoms with Gasteiger partial charge in [0.2, 0.25) is 0 Å². The number of rotatable bonds is 8. The molecule has 0 radical (unpaired) electrons. The number of carboxylic acid groups (broad SMARTS) is 1. The average molecular weight is 552 g/mol. The van der Waals surface area contributed by atoms with Crippen LogP contribution in [0.3, 0.4) is 0 Å². The van der Waals surface area contributed by atoms with Gasteiger partial charge >= 0.3 is 12.1 Å². The van der Waals surface area contributed by atoms with Crippen molar-refractivity contribution in [3.05, 3.63) is 81.1 Å². The van der Waals surface area contributed by atoms with Crippen molar-refractivity contribution in [2.24, 2.45) is 5.92 Å². The molecule has 37 heavy (non-hydrogen) atoms. The summed E-state index contributed by atoms with van der Waals surface area (Å²) in [5.74, 6) is -0.878. The van der Waals surface area contributed by atoms with E-state index in [1.54, 1.807) is 12.1 Å². The van der Waals surface area contributed by atoms with Crippen molar-refractivity contribution < 1.29 is 23.1 Å². The molecule has 1 aliphatic rings. The first kappa shape index (κ1) is 27.6. The summed E-state index contributed by atoms with van der Waals surface area (Å²) in [7, 11) is 0.